The van der Waals surface area contributed by atoms with Crippen molar-refractivity contribution < 1.29 is 4.39 Å². The van der Waals surface area contributed by atoms with Gasteiger partial charge in [0.25, 0.3) is 0 Å². The molecule has 0 heterocycles. The maximum Gasteiger partial charge on any atom is 0.146 e. The van der Waals surface area contributed by atoms with Crippen LogP contribution in [0.2, 0.25) is 0 Å². The Kier molecular flexibility index (Phi) is 4.77. The molecule has 1 nitrogen and oxygen atoms in total. The molecule has 0 aromatic heterocycles. The molecule has 1 aliphatic carbocycles. The Morgan fingerprint density at radius 2 is 1.95 bits per heavy atom. The van der Waals surface area contributed by atoms with Gasteiger partial charge in [0.1, 0.15) is 5.82 Å². The summed E-state index contributed by atoms with van der Waals surface area (Å²) in [5.41, 5.74) is 1.56. The van der Waals surface area contributed by atoms with Gasteiger partial charge in [-0.1, -0.05) is 39.2 Å². The van der Waals surface area contributed by atoms with Gasteiger partial charge in [-0.25, -0.2) is 4.39 Å². The van der Waals surface area contributed by atoms with Crippen molar-refractivity contribution in [2.45, 2.75) is 57.4 Å². The summed E-state index contributed by atoms with van der Waals surface area (Å²) >= 11 is 4.34. The van der Waals surface area contributed by atoms with Crippen LogP contribution in [0.1, 0.15) is 51.5 Å². The third kappa shape index (κ3) is 3.65. The second kappa shape index (κ2) is 6.17. The zero-order valence-corrected chi connectivity index (χ0v) is 12.8. The number of hydrogen-bond donors (Lipinski definition) is 2. The van der Waals surface area contributed by atoms with Crippen LogP contribution in [-0.2, 0) is 5.41 Å². The number of anilines is 1. The summed E-state index contributed by atoms with van der Waals surface area (Å²) in [7, 11) is 0. The van der Waals surface area contributed by atoms with E-state index < -0.39 is 0 Å². The monoisotopic (exact) mass is 281 g/mol. The van der Waals surface area contributed by atoms with Gasteiger partial charge >= 0.3 is 0 Å². The van der Waals surface area contributed by atoms with Crippen LogP contribution in [0.3, 0.4) is 0 Å². The van der Waals surface area contributed by atoms with Gasteiger partial charge < -0.3 is 5.32 Å². The lowest BCUT2D eigenvalue weighted by Crippen LogP contribution is -2.23. The van der Waals surface area contributed by atoms with E-state index >= 15 is 0 Å². The van der Waals surface area contributed by atoms with Gasteiger partial charge in [-0.3, -0.25) is 0 Å². The van der Waals surface area contributed by atoms with Crippen LogP contribution < -0.4 is 5.32 Å². The van der Waals surface area contributed by atoms with Crippen LogP contribution in [-0.4, -0.2) is 11.8 Å². The smallest absolute Gasteiger partial charge is 0.146 e. The Balaban J connectivity index is 2.10. The number of rotatable bonds is 4. The van der Waals surface area contributed by atoms with E-state index in [1.54, 1.807) is 6.07 Å². The van der Waals surface area contributed by atoms with E-state index in [4.69, 9.17) is 0 Å². The normalized spacial score (nSPS) is 17.5. The highest BCUT2D eigenvalue weighted by atomic mass is 32.1. The summed E-state index contributed by atoms with van der Waals surface area (Å²) in [4.78, 5) is 0. The van der Waals surface area contributed by atoms with E-state index in [-0.39, 0.29) is 11.2 Å². The molecular formula is C16H24FNS. The largest absolute Gasteiger partial charge is 0.380 e. The summed E-state index contributed by atoms with van der Waals surface area (Å²) < 4.78 is 14.2. The fourth-order valence-electron chi connectivity index (χ4n) is 2.61. The molecule has 106 valence electrons. The van der Waals surface area contributed by atoms with Crippen molar-refractivity contribution in [2.24, 2.45) is 0 Å². The highest BCUT2D eigenvalue weighted by Crippen LogP contribution is 2.29. The number of benzene rings is 1. The van der Waals surface area contributed by atoms with Gasteiger partial charge in [0.15, 0.2) is 0 Å². The summed E-state index contributed by atoms with van der Waals surface area (Å²) in [5.74, 6) is 0.569. The summed E-state index contributed by atoms with van der Waals surface area (Å²) in [5, 5.41) is 3.35. The number of halogens is 1. The van der Waals surface area contributed by atoms with Gasteiger partial charge in [0.2, 0.25) is 0 Å². The van der Waals surface area contributed by atoms with Crippen LogP contribution in [0, 0.1) is 5.82 Å². The molecule has 3 heteroatoms. The molecule has 0 unspecified atom stereocenters. The van der Waals surface area contributed by atoms with E-state index in [0.29, 0.717) is 17.5 Å². The topological polar surface area (TPSA) is 12.0 Å². The van der Waals surface area contributed by atoms with Crippen molar-refractivity contribution in [1.82, 2.24) is 0 Å². The van der Waals surface area contributed by atoms with Crippen LogP contribution in [0.5, 0.6) is 0 Å². The van der Waals surface area contributed by atoms with Gasteiger partial charge in [0.05, 0.1) is 5.69 Å². The lowest BCUT2D eigenvalue weighted by molar-refractivity contribution is 0.460. The molecule has 0 amide bonds. The van der Waals surface area contributed by atoms with E-state index in [9.17, 15) is 4.39 Å². The van der Waals surface area contributed by atoms with Crippen molar-refractivity contribution in [2.75, 3.05) is 11.1 Å². The first kappa shape index (κ1) is 14.7. The summed E-state index contributed by atoms with van der Waals surface area (Å²) in [6, 6.07) is 5.99. The lowest BCUT2D eigenvalue weighted by Gasteiger charge is -2.26. The quantitative estimate of drug-likeness (QED) is 0.757. The standard InChI is InChI=1S/C16H24FNS/c1-16(2,11-19)12-8-9-15(14(17)10-12)18-13-6-4-3-5-7-13/h8-10,13,18-19H,3-7,11H2,1-2H3. The average molecular weight is 281 g/mol. The molecule has 0 radical (unpaired) electrons. The Hall–Kier alpha value is -0.700. The van der Waals surface area contributed by atoms with Gasteiger partial charge in [-0.2, -0.15) is 12.6 Å². The maximum absolute atomic E-state index is 14.2. The summed E-state index contributed by atoms with van der Waals surface area (Å²) in [6.07, 6.45) is 6.14. The Bertz CT molecular complexity index is 425. The second-order valence-electron chi connectivity index (χ2n) is 6.22. The minimum absolute atomic E-state index is 0.0900. The van der Waals surface area contributed by atoms with E-state index in [1.165, 1.54) is 19.3 Å². The van der Waals surface area contributed by atoms with Crippen LogP contribution in [0.25, 0.3) is 0 Å². The first-order valence-corrected chi connectivity index (χ1v) is 7.83. The second-order valence-corrected chi connectivity index (χ2v) is 6.53. The molecule has 0 aliphatic heterocycles. The highest BCUT2D eigenvalue weighted by Gasteiger charge is 2.21. The summed E-state index contributed by atoms with van der Waals surface area (Å²) in [6.45, 7) is 4.17. The third-order valence-corrected chi connectivity index (χ3v) is 4.90. The average Bonchev–Trinajstić information content (AvgIpc) is 2.42. The van der Waals surface area contributed by atoms with Crippen molar-refractivity contribution in [1.29, 1.82) is 0 Å². The molecule has 19 heavy (non-hydrogen) atoms. The van der Waals surface area contributed by atoms with Crippen LogP contribution in [0.15, 0.2) is 18.2 Å². The molecule has 1 N–H and O–H groups in total. The number of nitrogens with one attached hydrogen (secondary N) is 1. The third-order valence-electron chi connectivity index (χ3n) is 4.11. The van der Waals surface area contributed by atoms with E-state index in [1.807, 2.05) is 12.1 Å². The van der Waals surface area contributed by atoms with Crippen molar-refractivity contribution in [3.63, 3.8) is 0 Å². The van der Waals surface area contributed by atoms with E-state index in [0.717, 1.165) is 18.4 Å². The number of hydrogen-bond acceptors (Lipinski definition) is 2. The molecule has 0 bridgehead atoms. The van der Waals surface area contributed by atoms with Crippen molar-refractivity contribution in [3.8, 4) is 0 Å². The number of thiol groups is 1. The highest BCUT2D eigenvalue weighted by molar-refractivity contribution is 7.80. The van der Waals surface area contributed by atoms with Gasteiger partial charge in [-0.05, 0) is 41.7 Å². The minimum Gasteiger partial charge on any atom is -0.380 e. The van der Waals surface area contributed by atoms with Gasteiger partial charge in [-0.15, -0.1) is 0 Å². The molecule has 2 rings (SSSR count). The fraction of sp³-hybridized carbons (Fsp3) is 0.625. The molecule has 1 fully saturated rings. The molecule has 1 saturated carbocycles. The van der Waals surface area contributed by atoms with Gasteiger partial charge in [0, 0.05) is 6.04 Å². The molecule has 0 atom stereocenters. The van der Waals surface area contributed by atoms with Crippen LogP contribution >= 0.6 is 12.6 Å². The Morgan fingerprint density at radius 3 is 2.53 bits per heavy atom. The lowest BCUT2D eigenvalue weighted by atomic mass is 9.86. The van der Waals surface area contributed by atoms with Crippen LogP contribution in [0.4, 0.5) is 10.1 Å². The zero-order valence-electron chi connectivity index (χ0n) is 11.9. The van der Waals surface area contributed by atoms with E-state index in [2.05, 4.69) is 31.8 Å². The maximum atomic E-state index is 14.2. The fourth-order valence-corrected chi connectivity index (χ4v) is 2.79. The Labute approximate surface area is 121 Å². The first-order chi connectivity index (χ1) is 9.03. The minimum atomic E-state index is -0.141. The predicted molar refractivity (Wildman–Crippen MR) is 83.8 cm³/mol. The molecule has 1 aliphatic rings. The predicted octanol–water partition coefficient (Wildman–Crippen LogP) is 4.78. The molecule has 1 aromatic carbocycles. The first-order valence-electron chi connectivity index (χ1n) is 7.20. The molecular weight excluding hydrogens is 257 g/mol. The molecule has 0 saturated heterocycles. The zero-order chi connectivity index (χ0) is 13.9. The molecule has 1 aromatic rings. The molecule has 0 spiro atoms. The van der Waals surface area contributed by atoms with Crippen molar-refractivity contribution in [3.05, 3.63) is 29.6 Å². The Morgan fingerprint density at radius 1 is 1.26 bits per heavy atom. The SMILES string of the molecule is CC(C)(CS)c1ccc(NC2CCCCC2)c(F)c1. The van der Waals surface area contributed by atoms with Crippen molar-refractivity contribution >= 4 is 18.3 Å².